The van der Waals surface area contributed by atoms with E-state index in [9.17, 15) is 4.79 Å². The summed E-state index contributed by atoms with van der Waals surface area (Å²) in [6.45, 7) is 9.08. The van der Waals surface area contributed by atoms with Crippen LogP contribution in [0.4, 0.5) is 5.82 Å². The fourth-order valence-electron chi connectivity index (χ4n) is 2.12. The Morgan fingerprint density at radius 3 is 2.52 bits per heavy atom. The van der Waals surface area contributed by atoms with Crippen LogP contribution < -0.4 is 11.1 Å². The van der Waals surface area contributed by atoms with E-state index in [0.717, 1.165) is 11.3 Å². The van der Waals surface area contributed by atoms with Gasteiger partial charge in [0.25, 0.3) is 0 Å². The van der Waals surface area contributed by atoms with E-state index < -0.39 is 0 Å². The number of rotatable bonds is 5. The SMILES string of the molecule is CC(CN)C(=O)Nc1cc(C(C)(C)C)nn1Cc1ccccc1. The van der Waals surface area contributed by atoms with Gasteiger partial charge in [0.15, 0.2) is 0 Å². The summed E-state index contributed by atoms with van der Waals surface area (Å²) in [7, 11) is 0. The van der Waals surface area contributed by atoms with Gasteiger partial charge in [0, 0.05) is 23.9 Å². The van der Waals surface area contributed by atoms with Crippen LogP contribution in [0, 0.1) is 5.92 Å². The van der Waals surface area contributed by atoms with Crippen molar-refractivity contribution in [2.45, 2.75) is 39.7 Å². The largest absolute Gasteiger partial charge is 0.330 e. The number of anilines is 1. The molecule has 0 aliphatic carbocycles. The van der Waals surface area contributed by atoms with Gasteiger partial charge in [-0.3, -0.25) is 4.79 Å². The lowest BCUT2D eigenvalue weighted by molar-refractivity contribution is -0.119. The van der Waals surface area contributed by atoms with Crippen molar-refractivity contribution in [2.75, 3.05) is 11.9 Å². The summed E-state index contributed by atoms with van der Waals surface area (Å²) < 4.78 is 1.84. The zero-order chi connectivity index (χ0) is 17.0. The maximum absolute atomic E-state index is 12.2. The van der Waals surface area contributed by atoms with Crippen LogP contribution in [0.2, 0.25) is 0 Å². The Balaban J connectivity index is 2.31. The van der Waals surface area contributed by atoms with Gasteiger partial charge in [-0.1, -0.05) is 58.0 Å². The zero-order valence-corrected chi connectivity index (χ0v) is 14.3. The van der Waals surface area contributed by atoms with Crippen molar-refractivity contribution in [3.63, 3.8) is 0 Å². The molecule has 0 fully saturated rings. The first kappa shape index (κ1) is 17.2. The summed E-state index contributed by atoms with van der Waals surface area (Å²) in [6.07, 6.45) is 0. The number of hydrogen-bond donors (Lipinski definition) is 2. The van der Waals surface area contributed by atoms with Crippen molar-refractivity contribution < 1.29 is 4.79 Å². The van der Waals surface area contributed by atoms with Crippen LogP contribution in [0.15, 0.2) is 36.4 Å². The molecule has 0 spiro atoms. The van der Waals surface area contributed by atoms with Gasteiger partial charge in [-0.2, -0.15) is 5.10 Å². The average molecular weight is 314 g/mol. The molecule has 23 heavy (non-hydrogen) atoms. The molecule has 0 bridgehead atoms. The van der Waals surface area contributed by atoms with Crippen LogP contribution in [0.3, 0.4) is 0 Å². The Labute approximate surface area is 137 Å². The molecule has 1 atom stereocenters. The van der Waals surface area contributed by atoms with Crippen molar-refractivity contribution >= 4 is 11.7 Å². The molecule has 0 aliphatic heterocycles. The fourth-order valence-corrected chi connectivity index (χ4v) is 2.12. The highest BCUT2D eigenvalue weighted by Gasteiger charge is 2.21. The summed E-state index contributed by atoms with van der Waals surface area (Å²) in [4.78, 5) is 12.2. The lowest BCUT2D eigenvalue weighted by Gasteiger charge is -2.14. The number of nitrogens with one attached hydrogen (secondary N) is 1. The van der Waals surface area contributed by atoms with Gasteiger partial charge in [-0.05, 0) is 5.56 Å². The van der Waals surface area contributed by atoms with Crippen molar-refractivity contribution in [3.05, 3.63) is 47.7 Å². The number of carbonyl (C=O) groups is 1. The molecule has 1 aromatic heterocycles. The van der Waals surface area contributed by atoms with E-state index in [1.807, 2.05) is 48.0 Å². The molecule has 1 heterocycles. The first-order valence-electron chi connectivity index (χ1n) is 7.94. The minimum atomic E-state index is -0.229. The third-order valence-corrected chi connectivity index (χ3v) is 3.78. The Bertz CT molecular complexity index is 655. The average Bonchev–Trinajstić information content (AvgIpc) is 2.90. The van der Waals surface area contributed by atoms with Gasteiger partial charge >= 0.3 is 0 Å². The minimum Gasteiger partial charge on any atom is -0.330 e. The van der Waals surface area contributed by atoms with Gasteiger partial charge in [0.05, 0.1) is 12.2 Å². The predicted octanol–water partition coefficient (Wildman–Crippen LogP) is 2.76. The molecule has 0 saturated heterocycles. The second-order valence-electron chi connectivity index (χ2n) is 6.93. The smallest absolute Gasteiger partial charge is 0.229 e. The van der Waals surface area contributed by atoms with Crippen LogP contribution in [0.5, 0.6) is 0 Å². The molecule has 5 heteroatoms. The Hall–Kier alpha value is -2.14. The molecule has 0 radical (unpaired) electrons. The standard InChI is InChI=1S/C18H26N4O/c1-13(11-19)17(23)20-16-10-15(18(2,3)4)21-22(16)12-14-8-6-5-7-9-14/h5-10,13H,11-12,19H2,1-4H3,(H,20,23). The third-order valence-electron chi connectivity index (χ3n) is 3.78. The molecule has 1 unspecified atom stereocenters. The van der Waals surface area contributed by atoms with E-state index in [-0.39, 0.29) is 17.2 Å². The van der Waals surface area contributed by atoms with E-state index in [1.165, 1.54) is 0 Å². The minimum absolute atomic E-state index is 0.0813. The van der Waals surface area contributed by atoms with Gasteiger partial charge in [0.1, 0.15) is 5.82 Å². The first-order valence-corrected chi connectivity index (χ1v) is 7.94. The second kappa shape index (κ2) is 6.96. The van der Waals surface area contributed by atoms with Crippen molar-refractivity contribution in [3.8, 4) is 0 Å². The normalized spacial score (nSPS) is 12.9. The Morgan fingerprint density at radius 2 is 1.96 bits per heavy atom. The van der Waals surface area contributed by atoms with E-state index in [1.54, 1.807) is 0 Å². The lowest BCUT2D eigenvalue weighted by Crippen LogP contribution is -2.27. The monoisotopic (exact) mass is 314 g/mol. The summed E-state index contributed by atoms with van der Waals surface area (Å²) in [5, 5.41) is 7.64. The van der Waals surface area contributed by atoms with Crippen LogP contribution in [0.25, 0.3) is 0 Å². The highest BCUT2D eigenvalue weighted by Crippen LogP contribution is 2.25. The highest BCUT2D eigenvalue weighted by molar-refractivity contribution is 5.91. The van der Waals surface area contributed by atoms with Crippen LogP contribution in [0.1, 0.15) is 39.0 Å². The summed E-state index contributed by atoms with van der Waals surface area (Å²) in [5.74, 6) is 0.402. The number of hydrogen-bond acceptors (Lipinski definition) is 3. The molecule has 0 saturated carbocycles. The van der Waals surface area contributed by atoms with E-state index in [2.05, 4.69) is 31.2 Å². The van der Waals surface area contributed by atoms with Crippen molar-refractivity contribution in [2.24, 2.45) is 11.7 Å². The fraction of sp³-hybridized carbons (Fsp3) is 0.444. The van der Waals surface area contributed by atoms with Crippen LogP contribution >= 0.6 is 0 Å². The Morgan fingerprint density at radius 1 is 1.30 bits per heavy atom. The molecule has 124 valence electrons. The van der Waals surface area contributed by atoms with Crippen molar-refractivity contribution in [1.82, 2.24) is 9.78 Å². The second-order valence-corrected chi connectivity index (χ2v) is 6.93. The maximum Gasteiger partial charge on any atom is 0.229 e. The van der Waals surface area contributed by atoms with E-state index >= 15 is 0 Å². The number of nitrogens with two attached hydrogens (primary N) is 1. The van der Waals surface area contributed by atoms with Crippen LogP contribution in [-0.2, 0) is 16.8 Å². The molecule has 3 N–H and O–H groups in total. The lowest BCUT2D eigenvalue weighted by atomic mass is 9.92. The molecule has 5 nitrogen and oxygen atoms in total. The maximum atomic E-state index is 12.2. The molecule has 1 amide bonds. The topological polar surface area (TPSA) is 72.9 Å². The van der Waals surface area contributed by atoms with Gasteiger partial charge in [-0.15, -0.1) is 0 Å². The molecular formula is C18H26N4O. The van der Waals surface area contributed by atoms with E-state index in [4.69, 9.17) is 5.73 Å². The molecule has 2 aromatic rings. The zero-order valence-electron chi connectivity index (χ0n) is 14.3. The molecule has 0 aliphatic rings. The quantitative estimate of drug-likeness (QED) is 0.891. The Kier molecular flexibility index (Phi) is 5.21. The third kappa shape index (κ3) is 4.42. The van der Waals surface area contributed by atoms with Crippen LogP contribution in [-0.4, -0.2) is 22.2 Å². The highest BCUT2D eigenvalue weighted by atomic mass is 16.2. The predicted molar refractivity (Wildman–Crippen MR) is 93.3 cm³/mol. The van der Waals surface area contributed by atoms with Gasteiger partial charge in [0.2, 0.25) is 5.91 Å². The summed E-state index contributed by atoms with van der Waals surface area (Å²) in [5.41, 5.74) is 7.58. The molecular weight excluding hydrogens is 288 g/mol. The molecule has 1 aromatic carbocycles. The molecule has 2 rings (SSSR count). The first-order chi connectivity index (χ1) is 10.8. The number of carbonyl (C=O) groups excluding carboxylic acids is 1. The van der Waals surface area contributed by atoms with Gasteiger partial charge < -0.3 is 11.1 Å². The number of nitrogens with zero attached hydrogens (tertiary/aromatic N) is 2. The van der Waals surface area contributed by atoms with Crippen molar-refractivity contribution in [1.29, 1.82) is 0 Å². The van der Waals surface area contributed by atoms with E-state index in [0.29, 0.717) is 18.9 Å². The summed E-state index contributed by atoms with van der Waals surface area (Å²) in [6, 6.07) is 12.0. The summed E-state index contributed by atoms with van der Waals surface area (Å²) >= 11 is 0. The number of amides is 1. The number of aromatic nitrogens is 2. The number of benzene rings is 1. The van der Waals surface area contributed by atoms with Gasteiger partial charge in [-0.25, -0.2) is 4.68 Å².